The average Bonchev–Trinajstić information content (AvgIpc) is 2.20. The van der Waals surface area contributed by atoms with Crippen LogP contribution in [0.5, 0.6) is 0 Å². The first kappa shape index (κ1) is 8.37. The zero-order chi connectivity index (χ0) is 9.10. The molecule has 0 N–H and O–H groups in total. The molecule has 1 aromatic rings. The third kappa shape index (κ3) is 1.92. The summed E-state index contributed by atoms with van der Waals surface area (Å²) in [5.74, 6) is 0.746. The van der Waals surface area contributed by atoms with Crippen LogP contribution in [-0.2, 0) is 0 Å². The SMILES string of the molecule is CN1CCN(c2nccnn2)CC1. The van der Waals surface area contributed by atoms with Crippen LogP contribution >= 0.6 is 0 Å². The molecule has 0 spiro atoms. The molecule has 0 amide bonds. The lowest BCUT2D eigenvalue weighted by molar-refractivity contribution is 0.311. The van der Waals surface area contributed by atoms with Gasteiger partial charge in [-0.1, -0.05) is 0 Å². The molecule has 1 fully saturated rings. The molecule has 13 heavy (non-hydrogen) atoms. The maximum Gasteiger partial charge on any atom is 0.245 e. The molecule has 1 aromatic heterocycles. The lowest BCUT2D eigenvalue weighted by atomic mass is 10.3. The molecular formula is C8H13N5. The zero-order valence-corrected chi connectivity index (χ0v) is 7.72. The molecule has 0 bridgehead atoms. The first-order valence-corrected chi connectivity index (χ1v) is 4.43. The van der Waals surface area contributed by atoms with Crippen LogP contribution in [0, 0.1) is 0 Å². The minimum absolute atomic E-state index is 0.746. The Morgan fingerprint density at radius 3 is 2.54 bits per heavy atom. The third-order valence-electron chi connectivity index (χ3n) is 2.26. The second-order valence-corrected chi connectivity index (χ2v) is 3.23. The molecule has 70 valence electrons. The number of anilines is 1. The van der Waals surface area contributed by atoms with Gasteiger partial charge in [0.25, 0.3) is 0 Å². The van der Waals surface area contributed by atoms with Gasteiger partial charge in [-0.2, -0.15) is 5.10 Å². The zero-order valence-electron chi connectivity index (χ0n) is 7.72. The second-order valence-electron chi connectivity index (χ2n) is 3.23. The van der Waals surface area contributed by atoms with Crippen molar-refractivity contribution in [1.29, 1.82) is 0 Å². The van der Waals surface area contributed by atoms with Crippen LogP contribution in [0.3, 0.4) is 0 Å². The van der Waals surface area contributed by atoms with Crippen molar-refractivity contribution in [2.45, 2.75) is 0 Å². The summed E-state index contributed by atoms with van der Waals surface area (Å²) in [4.78, 5) is 8.62. The van der Waals surface area contributed by atoms with Gasteiger partial charge in [0.1, 0.15) is 0 Å². The standard InChI is InChI=1S/C8H13N5/c1-12-4-6-13(7-5-12)8-9-2-3-10-11-8/h2-3H,4-7H2,1H3. The maximum atomic E-state index is 4.16. The molecule has 0 atom stereocenters. The van der Waals surface area contributed by atoms with Gasteiger partial charge in [0, 0.05) is 26.2 Å². The number of rotatable bonds is 1. The van der Waals surface area contributed by atoms with Crippen molar-refractivity contribution in [2.24, 2.45) is 0 Å². The number of nitrogens with zero attached hydrogens (tertiary/aromatic N) is 5. The summed E-state index contributed by atoms with van der Waals surface area (Å²) in [6, 6.07) is 0. The number of likely N-dealkylation sites (N-methyl/N-ethyl adjacent to an activating group) is 1. The molecule has 0 saturated carbocycles. The molecule has 5 heteroatoms. The number of aromatic nitrogens is 3. The molecule has 1 aliphatic heterocycles. The van der Waals surface area contributed by atoms with Gasteiger partial charge >= 0.3 is 0 Å². The van der Waals surface area contributed by atoms with E-state index in [1.54, 1.807) is 12.4 Å². The molecule has 2 heterocycles. The van der Waals surface area contributed by atoms with Crippen LogP contribution in [0.15, 0.2) is 12.4 Å². The topological polar surface area (TPSA) is 45.2 Å². The van der Waals surface area contributed by atoms with Crippen molar-refractivity contribution in [3.05, 3.63) is 12.4 Å². The van der Waals surface area contributed by atoms with E-state index in [2.05, 4.69) is 32.0 Å². The minimum Gasteiger partial charge on any atom is -0.337 e. The molecule has 0 radical (unpaired) electrons. The van der Waals surface area contributed by atoms with Gasteiger partial charge in [0.2, 0.25) is 5.95 Å². The summed E-state index contributed by atoms with van der Waals surface area (Å²) in [5, 5.41) is 7.78. The Hall–Kier alpha value is -1.23. The smallest absolute Gasteiger partial charge is 0.245 e. The maximum absolute atomic E-state index is 4.16. The van der Waals surface area contributed by atoms with E-state index in [0.717, 1.165) is 32.1 Å². The van der Waals surface area contributed by atoms with E-state index in [9.17, 15) is 0 Å². The summed E-state index contributed by atoms with van der Waals surface area (Å²) < 4.78 is 0. The molecule has 1 aliphatic rings. The molecular weight excluding hydrogens is 166 g/mol. The quantitative estimate of drug-likeness (QED) is 0.588. The van der Waals surface area contributed by atoms with Crippen LogP contribution in [-0.4, -0.2) is 53.3 Å². The van der Waals surface area contributed by atoms with Crippen molar-refractivity contribution in [2.75, 3.05) is 38.1 Å². The van der Waals surface area contributed by atoms with E-state index >= 15 is 0 Å². The van der Waals surface area contributed by atoms with Crippen LogP contribution < -0.4 is 4.90 Å². The molecule has 5 nitrogen and oxygen atoms in total. The van der Waals surface area contributed by atoms with Crippen molar-refractivity contribution >= 4 is 5.95 Å². The van der Waals surface area contributed by atoms with Gasteiger partial charge in [-0.15, -0.1) is 5.10 Å². The van der Waals surface area contributed by atoms with E-state index in [1.807, 2.05) is 0 Å². The van der Waals surface area contributed by atoms with Gasteiger partial charge in [-0.3, -0.25) is 0 Å². The summed E-state index contributed by atoms with van der Waals surface area (Å²) >= 11 is 0. The fourth-order valence-electron chi connectivity index (χ4n) is 1.39. The minimum atomic E-state index is 0.746. The normalized spacial score (nSPS) is 19.0. The molecule has 0 aromatic carbocycles. The largest absolute Gasteiger partial charge is 0.337 e. The Labute approximate surface area is 77.4 Å². The third-order valence-corrected chi connectivity index (χ3v) is 2.26. The van der Waals surface area contributed by atoms with Crippen molar-refractivity contribution in [3.8, 4) is 0 Å². The summed E-state index contributed by atoms with van der Waals surface area (Å²) in [6.07, 6.45) is 3.28. The summed E-state index contributed by atoms with van der Waals surface area (Å²) in [7, 11) is 2.13. The highest BCUT2D eigenvalue weighted by Gasteiger charge is 2.15. The Balaban J connectivity index is 2.03. The van der Waals surface area contributed by atoms with Gasteiger partial charge in [0.15, 0.2) is 0 Å². The number of hydrogen-bond donors (Lipinski definition) is 0. The molecule has 0 aliphatic carbocycles. The lowest BCUT2D eigenvalue weighted by Gasteiger charge is -2.31. The lowest BCUT2D eigenvalue weighted by Crippen LogP contribution is -2.45. The first-order chi connectivity index (χ1) is 6.36. The van der Waals surface area contributed by atoms with Crippen LogP contribution in [0.25, 0.3) is 0 Å². The van der Waals surface area contributed by atoms with E-state index in [4.69, 9.17) is 0 Å². The van der Waals surface area contributed by atoms with E-state index in [1.165, 1.54) is 0 Å². The number of hydrogen-bond acceptors (Lipinski definition) is 5. The van der Waals surface area contributed by atoms with Crippen molar-refractivity contribution in [1.82, 2.24) is 20.1 Å². The fourth-order valence-corrected chi connectivity index (χ4v) is 1.39. The van der Waals surface area contributed by atoms with E-state index < -0.39 is 0 Å². The predicted molar refractivity (Wildman–Crippen MR) is 49.5 cm³/mol. The summed E-state index contributed by atoms with van der Waals surface area (Å²) in [6.45, 7) is 4.11. The molecule has 2 rings (SSSR count). The van der Waals surface area contributed by atoms with Crippen molar-refractivity contribution in [3.63, 3.8) is 0 Å². The summed E-state index contributed by atoms with van der Waals surface area (Å²) in [5.41, 5.74) is 0. The monoisotopic (exact) mass is 179 g/mol. The first-order valence-electron chi connectivity index (χ1n) is 4.43. The Morgan fingerprint density at radius 2 is 1.92 bits per heavy atom. The van der Waals surface area contributed by atoms with Crippen LogP contribution in [0.2, 0.25) is 0 Å². The van der Waals surface area contributed by atoms with Gasteiger partial charge in [-0.05, 0) is 7.05 Å². The van der Waals surface area contributed by atoms with Crippen LogP contribution in [0.4, 0.5) is 5.95 Å². The average molecular weight is 179 g/mol. The highest BCUT2D eigenvalue weighted by atomic mass is 15.3. The highest BCUT2D eigenvalue weighted by molar-refractivity contribution is 5.27. The fraction of sp³-hybridized carbons (Fsp3) is 0.625. The Kier molecular flexibility index (Phi) is 2.35. The highest BCUT2D eigenvalue weighted by Crippen LogP contribution is 2.06. The van der Waals surface area contributed by atoms with E-state index in [0.29, 0.717) is 0 Å². The Bertz CT molecular complexity index is 254. The van der Waals surface area contributed by atoms with Crippen LogP contribution in [0.1, 0.15) is 0 Å². The van der Waals surface area contributed by atoms with Crippen molar-refractivity contribution < 1.29 is 0 Å². The van der Waals surface area contributed by atoms with Gasteiger partial charge < -0.3 is 9.80 Å². The number of piperazine rings is 1. The van der Waals surface area contributed by atoms with Gasteiger partial charge in [-0.25, -0.2) is 4.98 Å². The molecule has 1 saturated heterocycles. The second kappa shape index (κ2) is 3.66. The Morgan fingerprint density at radius 1 is 1.15 bits per heavy atom. The predicted octanol–water partition coefficient (Wildman–Crippen LogP) is -0.377. The molecule has 0 unspecified atom stereocenters. The van der Waals surface area contributed by atoms with E-state index in [-0.39, 0.29) is 0 Å². The van der Waals surface area contributed by atoms with Gasteiger partial charge in [0.05, 0.1) is 12.4 Å².